The molecule has 4 rings (SSSR count). The summed E-state index contributed by atoms with van der Waals surface area (Å²) in [5.41, 5.74) is 8.25. The molecule has 1 amide bonds. The SMILES string of the molecule is NC(=O)c1cccc2cn(-c3ccc([C@@H]4CCCN(C(CC(=O)O)C(=O)O)C4)cc3)nc12. The third-order valence-corrected chi connectivity index (χ3v) is 5.98. The van der Waals surface area contributed by atoms with Crippen LogP contribution in [-0.2, 0) is 9.59 Å². The molecular formula is C23H24N4O5. The van der Waals surface area contributed by atoms with Crippen molar-refractivity contribution in [3.63, 3.8) is 0 Å². The molecule has 2 aromatic carbocycles. The van der Waals surface area contributed by atoms with Gasteiger partial charge in [-0.1, -0.05) is 24.3 Å². The van der Waals surface area contributed by atoms with E-state index in [4.69, 9.17) is 10.8 Å². The zero-order valence-corrected chi connectivity index (χ0v) is 17.3. The fourth-order valence-corrected chi connectivity index (χ4v) is 4.38. The lowest BCUT2D eigenvalue weighted by atomic mass is 9.89. The number of hydrogen-bond donors (Lipinski definition) is 3. The number of primary amides is 1. The fraction of sp³-hybridized carbons (Fsp3) is 0.304. The molecule has 1 aliphatic rings. The second-order valence-corrected chi connectivity index (χ2v) is 8.06. The Morgan fingerprint density at radius 1 is 1.12 bits per heavy atom. The van der Waals surface area contributed by atoms with E-state index in [1.165, 1.54) is 0 Å². The molecule has 32 heavy (non-hydrogen) atoms. The van der Waals surface area contributed by atoms with Crippen LogP contribution in [-0.4, -0.2) is 61.9 Å². The summed E-state index contributed by atoms with van der Waals surface area (Å²) in [6.07, 6.45) is 3.13. The van der Waals surface area contributed by atoms with Gasteiger partial charge in [0.05, 0.1) is 17.7 Å². The van der Waals surface area contributed by atoms with Crippen molar-refractivity contribution in [1.82, 2.24) is 14.7 Å². The second-order valence-electron chi connectivity index (χ2n) is 8.06. The summed E-state index contributed by atoms with van der Waals surface area (Å²) in [6.45, 7) is 1.07. The summed E-state index contributed by atoms with van der Waals surface area (Å²) >= 11 is 0. The van der Waals surface area contributed by atoms with Crippen LogP contribution in [0.1, 0.15) is 41.1 Å². The van der Waals surface area contributed by atoms with Crippen LogP contribution in [0.15, 0.2) is 48.7 Å². The van der Waals surface area contributed by atoms with Crippen LogP contribution in [0.3, 0.4) is 0 Å². The Hall–Kier alpha value is -3.72. The smallest absolute Gasteiger partial charge is 0.321 e. The molecule has 166 valence electrons. The van der Waals surface area contributed by atoms with Gasteiger partial charge >= 0.3 is 11.9 Å². The zero-order chi connectivity index (χ0) is 22.8. The highest BCUT2D eigenvalue weighted by Crippen LogP contribution is 2.29. The normalized spacial score (nSPS) is 17.8. The summed E-state index contributed by atoms with van der Waals surface area (Å²) in [5, 5.41) is 23.9. The van der Waals surface area contributed by atoms with Crippen molar-refractivity contribution >= 4 is 28.7 Å². The first-order chi connectivity index (χ1) is 15.3. The van der Waals surface area contributed by atoms with Gasteiger partial charge in [-0.05, 0) is 49.1 Å². The monoisotopic (exact) mass is 436 g/mol. The van der Waals surface area contributed by atoms with Gasteiger partial charge in [0, 0.05) is 18.1 Å². The first-order valence-electron chi connectivity index (χ1n) is 10.4. The fourth-order valence-electron chi connectivity index (χ4n) is 4.38. The lowest BCUT2D eigenvalue weighted by molar-refractivity contribution is -0.150. The lowest BCUT2D eigenvalue weighted by Gasteiger charge is -2.36. The number of carboxylic acids is 2. The Morgan fingerprint density at radius 3 is 2.53 bits per heavy atom. The lowest BCUT2D eigenvalue weighted by Crippen LogP contribution is -2.47. The Kier molecular flexibility index (Phi) is 5.91. The number of amides is 1. The second kappa shape index (κ2) is 8.80. The Morgan fingerprint density at radius 2 is 1.88 bits per heavy atom. The minimum absolute atomic E-state index is 0.117. The summed E-state index contributed by atoms with van der Waals surface area (Å²) in [6, 6.07) is 12.1. The van der Waals surface area contributed by atoms with Gasteiger partial charge in [-0.2, -0.15) is 5.10 Å². The average Bonchev–Trinajstić information content (AvgIpc) is 3.21. The van der Waals surface area contributed by atoms with Gasteiger partial charge in [-0.25, -0.2) is 4.68 Å². The topological polar surface area (TPSA) is 139 Å². The van der Waals surface area contributed by atoms with Gasteiger partial charge in [0.1, 0.15) is 11.6 Å². The van der Waals surface area contributed by atoms with Gasteiger partial charge in [-0.15, -0.1) is 0 Å². The molecule has 3 aromatic rings. The molecule has 1 unspecified atom stereocenters. The number of nitrogens with two attached hydrogens (primary N) is 1. The molecule has 0 radical (unpaired) electrons. The molecular weight excluding hydrogens is 412 g/mol. The van der Waals surface area contributed by atoms with E-state index in [2.05, 4.69) is 5.10 Å². The van der Waals surface area contributed by atoms with Crippen LogP contribution in [0.4, 0.5) is 0 Å². The van der Waals surface area contributed by atoms with Crippen molar-refractivity contribution < 1.29 is 24.6 Å². The van der Waals surface area contributed by atoms with Gasteiger partial charge in [0.2, 0.25) is 0 Å². The highest BCUT2D eigenvalue weighted by molar-refractivity contribution is 6.04. The molecule has 0 aliphatic carbocycles. The van der Waals surface area contributed by atoms with Crippen LogP contribution in [0.25, 0.3) is 16.6 Å². The van der Waals surface area contributed by atoms with Crippen LogP contribution in [0, 0.1) is 0 Å². The standard InChI is InChI=1S/C23H24N4O5/c24-22(30)18-5-1-3-16-13-27(25-21(16)18)17-8-6-14(7-9-17)15-4-2-10-26(12-15)19(23(31)32)11-20(28)29/h1,3,5-9,13,15,19H,2,4,10-12H2,(H2,24,30)(H,28,29)(H,31,32)/t15-,19?/m1/s1. The van der Waals surface area contributed by atoms with E-state index >= 15 is 0 Å². The molecule has 1 fully saturated rings. The molecule has 9 heteroatoms. The Balaban J connectivity index is 1.54. The van der Waals surface area contributed by atoms with Crippen molar-refractivity contribution in [3.8, 4) is 5.69 Å². The van der Waals surface area contributed by atoms with Crippen molar-refractivity contribution in [2.75, 3.05) is 13.1 Å². The third-order valence-electron chi connectivity index (χ3n) is 5.98. The number of hydrogen-bond acceptors (Lipinski definition) is 5. The molecule has 0 spiro atoms. The molecule has 1 aromatic heterocycles. The summed E-state index contributed by atoms with van der Waals surface area (Å²) in [5.74, 6) is -2.63. The maximum Gasteiger partial charge on any atom is 0.321 e. The van der Waals surface area contributed by atoms with Gasteiger partial charge in [-0.3, -0.25) is 19.3 Å². The van der Waals surface area contributed by atoms with E-state index in [9.17, 15) is 19.5 Å². The predicted molar refractivity (Wildman–Crippen MR) is 117 cm³/mol. The minimum Gasteiger partial charge on any atom is -0.481 e. The first-order valence-corrected chi connectivity index (χ1v) is 10.4. The number of piperidine rings is 1. The molecule has 2 heterocycles. The number of aromatic nitrogens is 2. The van der Waals surface area contributed by atoms with E-state index in [0.29, 0.717) is 24.2 Å². The molecule has 1 aliphatic heterocycles. The molecule has 1 saturated heterocycles. The number of likely N-dealkylation sites (tertiary alicyclic amines) is 1. The Bertz CT molecular complexity index is 1170. The number of rotatable bonds is 7. The quantitative estimate of drug-likeness (QED) is 0.516. The van der Waals surface area contributed by atoms with Crippen LogP contribution in [0.5, 0.6) is 0 Å². The number of fused-ring (bicyclic) bond motifs is 1. The number of benzene rings is 2. The van der Waals surface area contributed by atoms with Crippen LogP contribution in [0.2, 0.25) is 0 Å². The molecule has 2 atom stereocenters. The van der Waals surface area contributed by atoms with E-state index in [-0.39, 0.29) is 5.92 Å². The average molecular weight is 436 g/mol. The van der Waals surface area contributed by atoms with E-state index in [0.717, 1.165) is 29.5 Å². The number of carbonyl (C=O) groups is 3. The largest absolute Gasteiger partial charge is 0.481 e. The van der Waals surface area contributed by atoms with E-state index in [1.807, 2.05) is 36.5 Å². The van der Waals surface area contributed by atoms with Crippen molar-refractivity contribution in [1.29, 1.82) is 0 Å². The maximum absolute atomic E-state index is 11.7. The third kappa shape index (κ3) is 4.33. The van der Waals surface area contributed by atoms with Crippen molar-refractivity contribution in [2.24, 2.45) is 5.73 Å². The zero-order valence-electron chi connectivity index (χ0n) is 17.3. The first kappa shape index (κ1) is 21.5. The highest BCUT2D eigenvalue weighted by atomic mass is 16.4. The van der Waals surface area contributed by atoms with Gasteiger partial charge in [0.25, 0.3) is 5.91 Å². The number of carbonyl (C=O) groups excluding carboxylic acids is 1. The van der Waals surface area contributed by atoms with Crippen LogP contribution >= 0.6 is 0 Å². The van der Waals surface area contributed by atoms with Crippen molar-refractivity contribution in [2.45, 2.75) is 31.2 Å². The number of carboxylic acid groups (broad SMARTS) is 2. The van der Waals surface area contributed by atoms with Crippen molar-refractivity contribution in [3.05, 3.63) is 59.8 Å². The summed E-state index contributed by atoms with van der Waals surface area (Å²) in [7, 11) is 0. The molecule has 4 N–H and O–H groups in total. The maximum atomic E-state index is 11.7. The summed E-state index contributed by atoms with van der Waals surface area (Å²) in [4.78, 5) is 36.1. The van der Waals surface area contributed by atoms with Gasteiger partial charge < -0.3 is 15.9 Å². The summed E-state index contributed by atoms with van der Waals surface area (Å²) < 4.78 is 1.70. The highest BCUT2D eigenvalue weighted by Gasteiger charge is 2.32. The molecule has 9 nitrogen and oxygen atoms in total. The van der Waals surface area contributed by atoms with E-state index in [1.54, 1.807) is 21.7 Å². The Labute approximate surface area is 184 Å². The van der Waals surface area contributed by atoms with Gasteiger partial charge in [0.15, 0.2) is 0 Å². The minimum atomic E-state index is -1.12. The predicted octanol–water partition coefficient (Wildman–Crippen LogP) is 2.23. The number of aliphatic carboxylic acids is 2. The molecule has 0 saturated carbocycles. The number of nitrogens with zero attached hydrogens (tertiary/aromatic N) is 3. The van der Waals surface area contributed by atoms with E-state index < -0.39 is 30.3 Å². The molecule has 0 bridgehead atoms. The van der Waals surface area contributed by atoms with Crippen LogP contribution < -0.4 is 5.73 Å².